The average molecular weight is 298 g/mol. The third kappa shape index (κ3) is 4.76. The van der Waals surface area contributed by atoms with Crippen molar-refractivity contribution in [3.63, 3.8) is 0 Å². The lowest BCUT2D eigenvalue weighted by atomic mass is 9.77. The molecule has 0 atom stereocenters. The lowest BCUT2D eigenvalue weighted by Crippen LogP contribution is -2.14. The van der Waals surface area contributed by atoms with Gasteiger partial charge >= 0.3 is 6.18 Å². The Hall–Kier alpha value is -0.990. The fourth-order valence-corrected chi connectivity index (χ4v) is 3.44. The molecule has 0 saturated heterocycles. The Kier molecular flexibility index (Phi) is 5.72. The van der Waals surface area contributed by atoms with Gasteiger partial charge in [-0.15, -0.1) is 0 Å². The van der Waals surface area contributed by atoms with Gasteiger partial charge in [-0.05, 0) is 49.1 Å². The number of alkyl halides is 3. The van der Waals surface area contributed by atoms with Crippen LogP contribution in [0.25, 0.3) is 0 Å². The van der Waals surface area contributed by atoms with E-state index in [1.807, 2.05) is 6.07 Å². The molecule has 0 nitrogen and oxygen atoms in total. The molecule has 1 fully saturated rings. The minimum Gasteiger partial charge on any atom is -0.166 e. The highest BCUT2D eigenvalue weighted by molar-refractivity contribution is 5.28. The predicted molar refractivity (Wildman–Crippen MR) is 80.3 cm³/mol. The molecule has 0 bridgehead atoms. The highest BCUT2D eigenvalue weighted by atomic mass is 19.4. The summed E-state index contributed by atoms with van der Waals surface area (Å²) in [6.45, 7) is 2.21. The summed E-state index contributed by atoms with van der Waals surface area (Å²) in [7, 11) is 0. The second-order valence-corrected chi connectivity index (χ2v) is 6.34. The SMILES string of the molecule is CCCCCC1CCC(c2cccc(C(F)(F)F)c2)CC1. The van der Waals surface area contributed by atoms with Crippen LogP contribution in [0.2, 0.25) is 0 Å². The molecule has 0 aromatic heterocycles. The van der Waals surface area contributed by atoms with Gasteiger partial charge in [-0.2, -0.15) is 13.2 Å². The molecule has 21 heavy (non-hydrogen) atoms. The Morgan fingerprint density at radius 3 is 2.38 bits per heavy atom. The van der Waals surface area contributed by atoms with E-state index in [0.717, 1.165) is 24.3 Å². The summed E-state index contributed by atoms with van der Waals surface area (Å²) >= 11 is 0. The van der Waals surface area contributed by atoms with E-state index < -0.39 is 11.7 Å². The normalized spacial score (nSPS) is 23.2. The van der Waals surface area contributed by atoms with E-state index in [0.29, 0.717) is 5.92 Å². The second-order valence-electron chi connectivity index (χ2n) is 6.34. The second kappa shape index (κ2) is 7.33. The minimum absolute atomic E-state index is 0.315. The molecule has 1 aliphatic carbocycles. The summed E-state index contributed by atoms with van der Waals surface area (Å²) in [5.74, 6) is 1.10. The maximum atomic E-state index is 12.8. The third-order valence-corrected chi connectivity index (χ3v) is 4.75. The Bertz CT molecular complexity index is 428. The molecule has 0 amide bonds. The molecule has 3 heteroatoms. The van der Waals surface area contributed by atoms with E-state index in [9.17, 15) is 13.2 Å². The van der Waals surface area contributed by atoms with Crippen LogP contribution in [0, 0.1) is 5.92 Å². The van der Waals surface area contributed by atoms with E-state index >= 15 is 0 Å². The van der Waals surface area contributed by atoms with Crippen molar-refractivity contribution in [3.05, 3.63) is 35.4 Å². The summed E-state index contributed by atoms with van der Waals surface area (Å²) in [6, 6.07) is 5.92. The molecule has 1 aromatic rings. The highest BCUT2D eigenvalue weighted by Crippen LogP contribution is 2.39. The van der Waals surface area contributed by atoms with Crippen LogP contribution in [0.4, 0.5) is 13.2 Å². The highest BCUT2D eigenvalue weighted by Gasteiger charge is 2.31. The minimum atomic E-state index is -4.23. The van der Waals surface area contributed by atoms with Crippen LogP contribution >= 0.6 is 0 Å². The average Bonchev–Trinajstić information content (AvgIpc) is 2.47. The van der Waals surface area contributed by atoms with Gasteiger partial charge in [0.25, 0.3) is 0 Å². The predicted octanol–water partition coefficient (Wildman–Crippen LogP) is 6.56. The molecule has 0 aliphatic heterocycles. The number of unbranched alkanes of at least 4 members (excludes halogenated alkanes) is 2. The van der Waals surface area contributed by atoms with Crippen molar-refractivity contribution in [1.29, 1.82) is 0 Å². The number of rotatable bonds is 5. The molecule has 1 aromatic carbocycles. The monoisotopic (exact) mass is 298 g/mol. The largest absolute Gasteiger partial charge is 0.416 e. The van der Waals surface area contributed by atoms with Crippen molar-refractivity contribution in [2.45, 2.75) is 70.4 Å². The summed E-state index contributed by atoms with van der Waals surface area (Å²) in [5, 5.41) is 0. The molecule has 1 saturated carbocycles. The van der Waals surface area contributed by atoms with Gasteiger partial charge in [-0.25, -0.2) is 0 Å². The standard InChI is InChI=1S/C18H25F3/c1-2-3-4-6-14-9-11-15(12-10-14)16-7-5-8-17(13-16)18(19,20)21/h5,7-8,13-15H,2-4,6,9-12H2,1H3. The number of hydrogen-bond donors (Lipinski definition) is 0. The van der Waals surface area contributed by atoms with Gasteiger partial charge in [-0.1, -0.05) is 50.8 Å². The fourth-order valence-electron chi connectivity index (χ4n) is 3.44. The van der Waals surface area contributed by atoms with Crippen LogP contribution in [0.3, 0.4) is 0 Å². The van der Waals surface area contributed by atoms with E-state index in [4.69, 9.17) is 0 Å². The van der Waals surface area contributed by atoms with Crippen molar-refractivity contribution in [1.82, 2.24) is 0 Å². The summed E-state index contributed by atoms with van der Waals surface area (Å²) in [6.07, 6.45) is 5.34. The van der Waals surface area contributed by atoms with E-state index in [2.05, 4.69) is 6.92 Å². The van der Waals surface area contributed by atoms with Crippen molar-refractivity contribution >= 4 is 0 Å². The Morgan fingerprint density at radius 2 is 1.76 bits per heavy atom. The number of benzene rings is 1. The molecule has 1 aliphatic rings. The fraction of sp³-hybridized carbons (Fsp3) is 0.667. The van der Waals surface area contributed by atoms with Crippen molar-refractivity contribution in [2.75, 3.05) is 0 Å². The molecular formula is C18H25F3. The molecule has 0 spiro atoms. The molecule has 118 valence electrons. The van der Waals surface area contributed by atoms with Crippen molar-refractivity contribution in [2.24, 2.45) is 5.92 Å². The smallest absolute Gasteiger partial charge is 0.166 e. The van der Waals surface area contributed by atoms with E-state index in [-0.39, 0.29) is 0 Å². The van der Waals surface area contributed by atoms with Gasteiger partial charge in [0.05, 0.1) is 5.56 Å². The lowest BCUT2D eigenvalue weighted by molar-refractivity contribution is -0.137. The van der Waals surface area contributed by atoms with Gasteiger partial charge < -0.3 is 0 Å². The summed E-state index contributed by atoms with van der Waals surface area (Å²) in [5.41, 5.74) is 0.363. The number of halogens is 3. The molecule has 2 rings (SSSR count). The van der Waals surface area contributed by atoms with Gasteiger partial charge in [0.1, 0.15) is 0 Å². The summed E-state index contributed by atoms with van der Waals surface area (Å²) in [4.78, 5) is 0. The molecule has 0 radical (unpaired) electrons. The van der Waals surface area contributed by atoms with Crippen LogP contribution in [0.15, 0.2) is 24.3 Å². The third-order valence-electron chi connectivity index (χ3n) is 4.75. The van der Waals surface area contributed by atoms with Crippen LogP contribution < -0.4 is 0 Å². The first-order valence-electron chi connectivity index (χ1n) is 8.18. The van der Waals surface area contributed by atoms with Gasteiger partial charge in [0.2, 0.25) is 0 Å². The van der Waals surface area contributed by atoms with Crippen LogP contribution in [0.1, 0.15) is 75.3 Å². The maximum absolute atomic E-state index is 12.8. The quantitative estimate of drug-likeness (QED) is 0.540. The lowest BCUT2D eigenvalue weighted by Gasteiger charge is -2.29. The maximum Gasteiger partial charge on any atom is 0.416 e. The molecule has 0 heterocycles. The first-order valence-corrected chi connectivity index (χ1v) is 8.18. The van der Waals surface area contributed by atoms with E-state index in [1.54, 1.807) is 6.07 Å². The molecule has 0 unspecified atom stereocenters. The first kappa shape index (κ1) is 16.4. The van der Waals surface area contributed by atoms with Crippen molar-refractivity contribution < 1.29 is 13.2 Å². The zero-order chi connectivity index (χ0) is 15.3. The first-order chi connectivity index (χ1) is 10.0. The Morgan fingerprint density at radius 1 is 1.05 bits per heavy atom. The van der Waals surface area contributed by atoms with Gasteiger partial charge in [-0.3, -0.25) is 0 Å². The van der Waals surface area contributed by atoms with E-state index in [1.165, 1.54) is 50.7 Å². The summed E-state index contributed by atoms with van der Waals surface area (Å²) < 4.78 is 38.3. The van der Waals surface area contributed by atoms with Crippen LogP contribution in [-0.4, -0.2) is 0 Å². The van der Waals surface area contributed by atoms with Gasteiger partial charge in [0.15, 0.2) is 0 Å². The molecule has 0 N–H and O–H groups in total. The number of hydrogen-bond acceptors (Lipinski definition) is 0. The Labute approximate surface area is 125 Å². The zero-order valence-corrected chi connectivity index (χ0v) is 12.8. The van der Waals surface area contributed by atoms with Crippen LogP contribution in [-0.2, 0) is 6.18 Å². The topological polar surface area (TPSA) is 0 Å². The van der Waals surface area contributed by atoms with Crippen LogP contribution in [0.5, 0.6) is 0 Å². The Balaban J connectivity index is 1.90. The van der Waals surface area contributed by atoms with Gasteiger partial charge in [0, 0.05) is 0 Å². The van der Waals surface area contributed by atoms with Crippen molar-refractivity contribution in [3.8, 4) is 0 Å². The molecular weight excluding hydrogens is 273 g/mol. The zero-order valence-electron chi connectivity index (χ0n) is 12.8.